The lowest BCUT2D eigenvalue weighted by Crippen LogP contribution is -2.04. The van der Waals surface area contributed by atoms with E-state index in [9.17, 15) is 10.1 Å². The second-order valence-electron chi connectivity index (χ2n) is 6.31. The van der Waals surface area contributed by atoms with Crippen molar-refractivity contribution in [2.24, 2.45) is 0 Å². The number of aryl methyl sites for hydroxylation is 1. The van der Waals surface area contributed by atoms with Gasteiger partial charge in [0.15, 0.2) is 5.09 Å². The van der Waals surface area contributed by atoms with Crippen LogP contribution in [0.5, 0.6) is 0 Å². The first-order valence-electron chi connectivity index (χ1n) is 8.47. The molecule has 1 aliphatic rings. The average molecular weight is 372 g/mol. The Hall–Kier alpha value is -3.23. The number of nitrogens with zero attached hydrogens (tertiary/aromatic N) is 1. The monoisotopic (exact) mass is 372 g/mol. The smallest absolute Gasteiger partial charge is 0.210 e. The van der Waals surface area contributed by atoms with Crippen molar-refractivity contribution in [3.63, 3.8) is 0 Å². The number of nitriles is 1. The number of Topliss-reactive ketones (excluding diaryl/α,β-unsaturated/α-hetero) is 1. The van der Waals surface area contributed by atoms with Crippen molar-refractivity contribution in [2.75, 3.05) is 0 Å². The van der Waals surface area contributed by atoms with Crippen molar-refractivity contribution < 1.29 is 9.53 Å². The van der Waals surface area contributed by atoms with Gasteiger partial charge in [-0.2, -0.15) is 5.26 Å². The Morgan fingerprint density at radius 1 is 1.11 bits per heavy atom. The molecule has 4 nitrogen and oxygen atoms in total. The van der Waals surface area contributed by atoms with Crippen LogP contribution in [0.25, 0.3) is 16.7 Å². The molecular weight excluding hydrogens is 356 g/mol. The van der Waals surface area contributed by atoms with E-state index in [2.05, 4.69) is 4.98 Å². The van der Waals surface area contributed by atoms with Crippen LogP contribution in [0.3, 0.4) is 0 Å². The molecular formula is C22H16N2O2S. The van der Waals surface area contributed by atoms with Crippen LogP contribution < -0.4 is 0 Å². The molecule has 2 aromatic carbocycles. The van der Waals surface area contributed by atoms with Gasteiger partial charge in [-0.05, 0) is 19.9 Å². The summed E-state index contributed by atoms with van der Waals surface area (Å²) in [5.41, 5.74) is 3.44. The molecule has 132 valence electrons. The van der Waals surface area contributed by atoms with Gasteiger partial charge in [-0.25, -0.2) is 0 Å². The standard InChI is InChI=1S/C22H16N2O2S/c1-13-7-9-15(10-8-13)21-14(2)27-22(26-21)17(11-23)20(25)18-12-24-19-6-4-3-5-16(18)19/h3-10,12,24H,1-2H3/b22-17-. The number of carbonyl (C=O) groups excluding carboxylic acids is 1. The molecule has 0 radical (unpaired) electrons. The number of benzene rings is 2. The average Bonchev–Trinajstić information content (AvgIpc) is 3.27. The Labute approximate surface area is 161 Å². The Morgan fingerprint density at radius 2 is 1.85 bits per heavy atom. The first-order valence-corrected chi connectivity index (χ1v) is 9.29. The van der Waals surface area contributed by atoms with Crippen LogP contribution in [-0.4, -0.2) is 10.8 Å². The molecule has 0 aliphatic carbocycles. The number of hydrogen-bond acceptors (Lipinski definition) is 4. The summed E-state index contributed by atoms with van der Waals surface area (Å²) in [6.07, 6.45) is 1.64. The van der Waals surface area contributed by atoms with E-state index < -0.39 is 0 Å². The second kappa shape index (κ2) is 6.82. The van der Waals surface area contributed by atoms with E-state index in [-0.39, 0.29) is 11.4 Å². The summed E-state index contributed by atoms with van der Waals surface area (Å²) in [7, 11) is 0. The number of para-hydroxylation sites is 1. The van der Waals surface area contributed by atoms with Crippen LogP contribution in [0.15, 0.2) is 70.3 Å². The number of nitrogens with one attached hydrogen (secondary N) is 1. The summed E-state index contributed by atoms with van der Waals surface area (Å²) in [4.78, 5) is 17.0. The highest BCUT2D eigenvalue weighted by atomic mass is 32.2. The van der Waals surface area contributed by atoms with E-state index in [0.29, 0.717) is 16.4 Å². The van der Waals surface area contributed by atoms with Gasteiger partial charge in [0.25, 0.3) is 0 Å². The zero-order chi connectivity index (χ0) is 19.0. The summed E-state index contributed by atoms with van der Waals surface area (Å²) in [6.45, 7) is 3.95. The van der Waals surface area contributed by atoms with Crippen molar-refractivity contribution in [3.05, 3.63) is 87.0 Å². The lowest BCUT2D eigenvalue weighted by molar-refractivity contribution is 0.103. The fourth-order valence-electron chi connectivity index (χ4n) is 3.02. The highest BCUT2D eigenvalue weighted by molar-refractivity contribution is 8.07. The normalized spacial score (nSPS) is 15.6. The maximum Gasteiger partial charge on any atom is 0.210 e. The van der Waals surface area contributed by atoms with Crippen molar-refractivity contribution in [1.29, 1.82) is 5.26 Å². The molecule has 0 atom stereocenters. The molecule has 4 rings (SSSR count). The third-order valence-corrected chi connectivity index (χ3v) is 5.42. The lowest BCUT2D eigenvalue weighted by Gasteiger charge is -2.06. The van der Waals surface area contributed by atoms with Crippen molar-refractivity contribution in [1.82, 2.24) is 4.98 Å². The summed E-state index contributed by atoms with van der Waals surface area (Å²) >= 11 is 1.32. The number of allylic oxidation sites excluding steroid dienone is 2. The zero-order valence-corrected chi connectivity index (χ0v) is 15.7. The molecule has 3 aromatic rings. The molecule has 0 unspecified atom stereocenters. The summed E-state index contributed by atoms with van der Waals surface area (Å²) in [5, 5.41) is 10.8. The maximum absolute atomic E-state index is 13.0. The topological polar surface area (TPSA) is 65.9 Å². The fraction of sp³-hybridized carbons (Fsp3) is 0.0909. The molecule has 1 aliphatic heterocycles. The minimum atomic E-state index is -0.338. The Balaban J connectivity index is 1.70. The molecule has 0 amide bonds. The minimum absolute atomic E-state index is 0.0196. The molecule has 0 spiro atoms. The summed E-state index contributed by atoms with van der Waals surface area (Å²) < 4.78 is 5.95. The number of aromatic amines is 1. The van der Waals surface area contributed by atoms with Crippen LogP contribution in [0.2, 0.25) is 0 Å². The fourth-order valence-corrected chi connectivity index (χ4v) is 3.92. The van der Waals surface area contributed by atoms with E-state index in [1.807, 2.05) is 68.4 Å². The zero-order valence-electron chi connectivity index (χ0n) is 14.9. The van der Waals surface area contributed by atoms with E-state index in [1.165, 1.54) is 11.8 Å². The summed E-state index contributed by atoms with van der Waals surface area (Å²) in [5.74, 6) is 0.352. The predicted octanol–water partition coefficient (Wildman–Crippen LogP) is 5.55. The molecule has 0 saturated heterocycles. The number of thioether (sulfide) groups is 1. The van der Waals surface area contributed by atoms with Gasteiger partial charge in [-0.3, -0.25) is 4.79 Å². The number of ether oxygens (including phenoxy) is 1. The van der Waals surface area contributed by atoms with Gasteiger partial charge < -0.3 is 9.72 Å². The van der Waals surface area contributed by atoms with Crippen LogP contribution in [0.1, 0.15) is 28.4 Å². The molecule has 5 heteroatoms. The molecule has 1 N–H and O–H groups in total. The Bertz CT molecular complexity index is 1160. The molecule has 27 heavy (non-hydrogen) atoms. The van der Waals surface area contributed by atoms with Gasteiger partial charge in [0.1, 0.15) is 17.4 Å². The van der Waals surface area contributed by atoms with Gasteiger partial charge in [-0.1, -0.05) is 59.8 Å². The Kier molecular flexibility index (Phi) is 4.35. The number of H-pyrrole nitrogens is 1. The Morgan fingerprint density at radius 3 is 2.59 bits per heavy atom. The first-order chi connectivity index (χ1) is 13.1. The van der Waals surface area contributed by atoms with E-state index in [4.69, 9.17) is 4.74 Å². The van der Waals surface area contributed by atoms with Crippen LogP contribution in [-0.2, 0) is 4.74 Å². The van der Waals surface area contributed by atoms with E-state index >= 15 is 0 Å². The van der Waals surface area contributed by atoms with Crippen molar-refractivity contribution in [2.45, 2.75) is 13.8 Å². The second-order valence-corrected chi connectivity index (χ2v) is 7.49. The number of ketones is 1. The van der Waals surface area contributed by atoms with Crippen molar-refractivity contribution in [3.8, 4) is 6.07 Å². The third kappa shape index (κ3) is 3.05. The van der Waals surface area contributed by atoms with Gasteiger partial charge in [0, 0.05) is 33.1 Å². The number of fused-ring (bicyclic) bond motifs is 1. The quantitative estimate of drug-likeness (QED) is 0.372. The van der Waals surface area contributed by atoms with E-state index in [0.717, 1.165) is 26.9 Å². The lowest BCUT2D eigenvalue weighted by atomic mass is 10.0. The first kappa shape index (κ1) is 17.2. The summed E-state index contributed by atoms with van der Waals surface area (Å²) in [6, 6.07) is 17.5. The van der Waals surface area contributed by atoms with Gasteiger partial charge in [0.05, 0.1) is 0 Å². The van der Waals surface area contributed by atoms with Gasteiger partial charge in [-0.15, -0.1) is 0 Å². The number of hydrogen-bond donors (Lipinski definition) is 1. The van der Waals surface area contributed by atoms with Crippen LogP contribution in [0, 0.1) is 18.3 Å². The molecule has 0 bridgehead atoms. The minimum Gasteiger partial charge on any atom is -0.447 e. The maximum atomic E-state index is 13.0. The number of rotatable bonds is 3. The molecule has 0 saturated carbocycles. The highest BCUT2D eigenvalue weighted by Gasteiger charge is 2.28. The third-order valence-electron chi connectivity index (χ3n) is 4.45. The van der Waals surface area contributed by atoms with E-state index in [1.54, 1.807) is 6.20 Å². The van der Waals surface area contributed by atoms with Gasteiger partial charge >= 0.3 is 0 Å². The SMILES string of the molecule is CC1=C(c2ccc(C)cc2)O/C(=C(\C#N)C(=O)c2c[nH]c3ccccc23)S1. The molecule has 0 fully saturated rings. The predicted molar refractivity (Wildman–Crippen MR) is 108 cm³/mol. The van der Waals surface area contributed by atoms with Crippen LogP contribution in [0.4, 0.5) is 0 Å². The number of aromatic nitrogens is 1. The number of carbonyl (C=O) groups is 1. The van der Waals surface area contributed by atoms with Crippen LogP contribution >= 0.6 is 11.8 Å². The van der Waals surface area contributed by atoms with Crippen molar-refractivity contribution >= 4 is 34.2 Å². The van der Waals surface area contributed by atoms with Gasteiger partial charge in [0.2, 0.25) is 5.78 Å². The highest BCUT2D eigenvalue weighted by Crippen LogP contribution is 2.44. The largest absolute Gasteiger partial charge is 0.447 e. The molecule has 2 heterocycles. The molecule has 1 aromatic heterocycles.